The highest BCUT2D eigenvalue weighted by Gasteiger charge is 2.04. The predicted octanol–water partition coefficient (Wildman–Crippen LogP) is 1.54. The van der Waals surface area contributed by atoms with Crippen LogP contribution in [-0.2, 0) is 109 Å². The van der Waals surface area contributed by atoms with Crippen molar-refractivity contribution in [2.45, 2.75) is 13.8 Å². The van der Waals surface area contributed by atoms with Crippen LogP contribution in [0.3, 0.4) is 0 Å². The summed E-state index contributed by atoms with van der Waals surface area (Å²) in [6.07, 6.45) is 0. The number of hydrogen-bond acceptors (Lipinski definition) is 23. The largest absolute Gasteiger partial charge is 0.460 e. The molecule has 23 heteroatoms. The zero-order valence-corrected chi connectivity index (χ0v) is 43.1. The Morgan fingerprint density at radius 2 is 0.282 bits per heavy atom. The Hall–Kier alpha value is -2.34. The maximum Gasteiger partial charge on any atom is 0.333 e. The van der Waals surface area contributed by atoms with Gasteiger partial charge in [-0.2, -0.15) is 0 Å². The van der Waals surface area contributed by atoms with Crippen LogP contribution in [0.15, 0.2) is 24.3 Å². The Morgan fingerprint density at radius 1 is 0.197 bits per heavy atom. The molecule has 0 amide bonds. The van der Waals surface area contributed by atoms with Crippen LogP contribution in [0.25, 0.3) is 0 Å². The van der Waals surface area contributed by atoms with Crippen LogP contribution in [0.5, 0.6) is 0 Å². The lowest BCUT2D eigenvalue weighted by Gasteiger charge is -2.09. The molecule has 0 aromatic heterocycles. The van der Waals surface area contributed by atoms with E-state index in [2.05, 4.69) is 13.2 Å². The summed E-state index contributed by atoms with van der Waals surface area (Å²) in [6.45, 7) is 28.2. The summed E-state index contributed by atoms with van der Waals surface area (Å²) in [5.41, 5.74) is 0.728. The summed E-state index contributed by atoms with van der Waals surface area (Å²) in [7, 11) is 0. The van der Waals surface area contributed by atoms with E-state index in [0.717, 1.165) is 0 Å². The molecule has 0 bridgehead atoms. The maximum absolute atomic E-state index is 11.2. The van der Waals surface area contributed by atoms with Crippen molar-refractivity contribution in [2.24, 2.45) is 0 Å². The van der Waals surface area contributed by atoms with Crippen LogP contribution in [0.2, 0.25) is 0 Å². The molecule has 23 nitrogen and oxygen atoms in total. The second-order valence-electron chi connectivity index (χ2n) is 14.5. The Bertz CT molecular complexity index is 1050. The van der Waals surface area contributed by atoms with Gasteiger partial charge in [-0.1, -0.05) is 13.2 Å². The molecule has 0 heterocycles. The van der Waals surface area contributed by atoms with Crippen molar-refractivity contribution in [1.82, 2.24) is 0 Å². The molecule has 0 aromatic rings. The van der Waals surface area contributed by atoms with E-state index in [0.29, 0.717) is 262 Å². The van der Waals surface area contributed by atoms with Gasteiger partial charge in [-0.15, -0.1) is 0 Å². The molecule has 0 aliphatic carbocycles. The molecule has 0 atom stereocenters. The minimum absolute atomic E-state index is 0.191. The molecule has 71 heavy (non-hydrogen) atoms. The smallest absolute Gasteiger partial charge is 0.333 e. The third-order valence-electron chi connectivity index (χ3n) is 8.31. The summed E-state index contributed by atoms with van der Waals surface area (Å²) < 4.78 is 114. The van der Waals surface area contributed by atoms with Crippen LogP contribution >= 0.6 is 0 Å². The maximum atomic E-state index is 11.2. The number of rotatable bonds is 62. The van der Waals surface area contributed by atoms with Crippen LogP contribution in [0, 0.1) is 0 Å². The molecule has 420 valence electrons. The van der Waals surface area contributed by atoms with Crippen LogP contribution in [0.1, 0.15) is 13.8 Å². The van der Waals surface area contributed by atoms with Crippen molar-refractivity contribution in [2.75, 3.05) is 264 Å². The first-order valence-electron chi connectivity index (χ1n) is 24.6. The van der Waals surface area contributed by atoms with E-state index in [4.69, 9.17) is 99.5 Å². The summed E-state index contributed by atoms with van der Waals surface area (Å²) >= 11 is 0. The fourth-order valence-electron chi connectivity index (χ4n) is 4.69. The molecule has 0 saturated heterocycles. The average Bonchev–Trinajstić information content (AvgIpc) is 3.36. The van der Waals surface area contributed by atoms with E-state index in [-0.39, 0.29) is 13.2 Å². The zero-order valence-electron chi connectivity index (χ0n) is 43.1. The third kappa shape index (κ3) is 60.1. The highest BCUT2D eigenvalue weighted by molar-refractivity contribution is 5.87. The van der Waals surface area contributed by atoms with Gasteiger partial charge in [0, 0.05) is 11.1 Å². The van der Waals surface area contributed by atoms with E-state index in [1.165, 1.54) is 0 Å². The minimum Gasteiger partial charge on any atom is -0.460 e. The first-order valence-corrected chi connectivity index (χ1v) is 24.6. The molecule has 0 rings (SSSR count). The van der Waals surface area contributed by atoms with Crippen LogP contribution in [-0.4, -0.2) is 276 Å². The second kappa shape index (κ2) is 60.2. The van der Waals surface area contributed by atoms with Gasteiger partial charge in [0.1, 0.15) is 13.2 Å². The molecule has 0 aliphatic heterocycles. The molecule has 0 N–H and O–H groups in total. The highest BCUT2D eigenvalue weighted by Crippen LogP contribution is 1.94. The second-order valence-corrected chi connectivity index (χ2v) is 14.5. The fourth-order valence-corrected chi connectivity index (χ4v) is 4.69. The first kappa shape index (κ1) is 68.7. The van der Waals surface area contributed by atoms with E-state index < -0.39 is 11.9 Å². The molecule has 0 aliphatic rings. The molecular weight excluding hydrogens is 945 g/mol. The van der Waals surface area contributed by atoms with E-state index >= 15 is 0 Å². The molecule has 0 unspecified atom stereocenters. The van der Waals surface area contributed by atoms with Gasteiger partial charge in [0.15, 0.2) is 0 Å². The molecule has 0 spiro atoms. The minimum atomic E-state index is -0.419. The summed E-state index contributed by atoms with van der Waals surface area (Å²) in [4.78, 5) is 22.4. The molecule has 0 fully saturated rings. The van der Waals surface area contributed by atoms with E-state index in [9.17, 15) is 9.59 Å². The molecule has 0 radical (unpaired) electrons. The zero-order chi connectivity index (χ0) is 51.4. The van der Waals surface area contributed by atoms with Crippen molar-refractivity contribution >= 4 is 11.9 Å². The Balaban J connectivity index is 3.10. The van der Waals surface area contributed by atoms with Gasteiger partial charge in [0.25, 0.3) is 0 Å². The number of hydrogen-bond donors (Lipinski definition) is 0. The van der Waals surface area contributed by atoms with Crippen molar-refractivity contribution in [1.29, 1.82) is 0 Å². The molecular formula is C48H90O23. The van der Waals surface area contributed by atoms with E-state index in [1.807, 2.05) is 0 Å². The van der Waals surface area contributed by atoms with Gasteiger partial charge in [-0.3, -0.25) is 0 Å². The lowest BCUT2D eigenvalue weighted by atomic mass is 10.4. The topological polar surface area (TPSA) is 228 Å². The van der Waals surface area contributed by atoms with Gasteiger partial charge in [0.2, 0.25) is 0 Å². The van der Waals surface area contributed by atoms with Crippen molar-refractivity contribution in [3.05, 3.63) is 24.3 Å². The van der Waals surface area contributed by atoms with Crippen LogP contribution < -0.4 is 0 Å². The SMILES string of the molecule is C=C(C)C(=O)OCCOCCOCCOCCOCCOCCOCCOCCOCCOCCOCCOCCOCCOCCOCCOCCOCCOCCOCCOCCOC(=O)C(=C)C. The lowest BCUT2D eigenvalue weighted by Crippen LogP contribution is -2.16. The Morgan fingerprint density at radius 3 is 0.366 bits per heavy atom. The summed E-state index contributed by atoms with van der Waals surface area (Å²) in [5.74, 6) is -0.838. The number of ether oxygens (including phenoxy) is 21. The Kier molecular flexibility index (Phi) is 58.2. The van der Waals surface area contributed by atoms with Crippen molar-refractivity contribution in [3.63, 3.8) is 0 Å². The van der Waals surface area contributed by atoms with Gasteiger partial charge in [-0.25, -0.2) is 9.59 Å². The summed E-state index contributed by atoms with van der Waals surface area (Å²) in [6, 6.07) is 0. The number of carbonyl (C=O) groups excluding carboxylic acids is 2. The van der Waals surface area contributed by atoms with Gasteiger partial charge in [0.05, 0.1) is 251 Å². The lowest BCUT2D eigenvalue weighted by molar-refractivity contribution is -0.141. The van der Waals surface area contributed by atoms with Gasteiger partial charge >= 0.3 is 11.9 Å². The predicted molar refractivity (Wildman–Crippen MR) is 257 cm³/mol. The van der Waals surface area contributed by atoms with Crippen molar-refractivity contribution < 1.29 is 109 Å². The van der Waals surface area contributed by atoms with E-state index in [1.54, 1.807) is 13.8 Å². The average molecular weight is 1040 g/mol. The fraction of sp³-hybridized carbons (Fsp3) is 0.875. The molecule has 0 aromatic carbocycles. The van der Waals surface area contributed by atoms with Crippen molar-refractivity contribution in [3.8, 4) is 0 Å². The number of carbonyl (C=O) groups is 2. The summed E-state index contributed by atoms with van der Waals surface area (Å²) in [5, 5.41) is 0. The monoisotopic (exact) mass is 1030 g/mol. The first-order chi connectivity index (χ1) is 34.9. The third-order valence-corrected chi connectivity index (χ3v) is 8.31. The van der Waals surface area contributed by atoms with Gasteiger partial charge in [-0.05, 0) is 13.8 Å². The number of esters is 2. The normalized spacial score (nSPS) is 11.4. The molecule has 0 saturated carbocycles. The van der Waals surface area contributed by atoms with Gasteiger partial charge < -0.3 is 99.5 Å². The standard InChI is InChI=1S/C48H90O23/c1-45(2)47(49)70-43-41-68-39-37-66-35-33-64-31-29-62-27-25-60-23-21-58-19-17-56-15-13-54-11-9-52-7-5-51-6-8-53-10-12-55-14-16-57-18-20-59-22-24-61-26-28-63-30-32-65-34-36-67-38-40-69-42-44-71-48(50)46(3)4/h1,3,5-44H2,2,4H3. The quantitative estimate of drug-likeness (QED) is 0.0478. The Labute approximate surface area is 422 Å². The highest BCUT2D eigenvalue weighted by atomic mass is 16.6. The van der Waals surface area contributed by atoms with Crippen LogP contribution in [0.4, 0.5) is 0 Å².